The molecule has 0 radical (unpaired) electrons. The van der Waals surface area contributed by atoms with E-state index in [-0.39, 0.29) is 0 Å². The predicted molar refractivity (Wildman–Crippen MR) is 140 cm³/mol. The molecule has 0 bridgehead atoms. The molecule has 4 aromatic rings. The lowest BCUT2D eigenvalue weighted by Crippen LogP contribution is -2.27. The van der Waals surface area contributed by atoms with Crippen LogP contribution in [0.5, 0.6) is 0 Å². The van der Waals surface area contributed by atoms with Crippen molar-refractivity contribution in [3.63, 3.8) is 0 Å². The SMILES string of the molecule is CC(c1ccccc1)c1ccccc1N1CCN(c2ccccc2C(C)c2ccccc2)C1. The molecule has 1 fully saturated rings. The maximum atomic E-state index is 2.54. The molecule has 4 aromatic carbocycles. The molecule has 2 unspecified atom stereocenters. The standard InChI is InChI=1S/C31H32N2/c1-24(26-13-5-3-6-14-26)28-17-9-11-19-30(28)32-21-22-33(23-32)31-20-12-10-18-29(31)25(2)27-15-7-4-8-16-27/h3-20,24-25H,21-23H2,1-2H3. The van der Waals surface area contributed by atoms with Gasteiger partial charge in [-0.05, 0) is 34.4 Å². The summed E-state index contributed by atoms with van der Waals surface area (Å²) in [4.78, 5) is 5.08. The van der Waals surface area contributed by atoms with Crippen LogP contribution in [0.2, 0.25) is 0 Å². The predicted octanol–water partition coefficient (Wildman–Crippen LogP) is 7.27. The first kappa shape index (κ1) is 21.3. The number of nitrogens with zero attached hydrogens (tertiary/aromatic N) is 2. The molecular weight excluding hydrogens is 400 g/mol. The zero-order valence-corrected chi connectivity index (χ0v) is 19.6. The first-order chi connectivity index (χ1) is 16.2. The van der Waals surface area contributed by atoms with Gasteiger partial charge in [0.1, 0.15) is 0 Å². The van der Waals surface area contributed by atoms with Gasteiger partial charge in [-0.25, -0.2) is 0 Å². The zero-order chi connectivity index (χ0) is 22.6. The summed E-state index contributed by atoms with van der Waals surface area (Å²) in [5, 5.41) is 0. The van der Waals surface area contributed by atoms with Crippen LogP contribution in [0.15, 0.2) is 109 Å². The van der Waals surface area contributed by atoms with Crippen LogP contribution >= 0.6 is 0 Å². The van der Waals surface area contributed by atoms with Crippen molar-refractivity contribution in [2.24, 2.45) is 0 Å². The number of anilines is 2. The second-order valence-corrected chi connectivity index (χ2v) is 9.05. The van der Waals surface area contributed by atoms with Gasteiger partial charge in [0.05, 0.1) is 6.67 Å². The van der Waals surface area contributed by atoms with Crippen LogP contribution in [0.25, 0.3) is 0 Å². The number of rotatable bonds is 6. The van der Waals surface area contributed by atoms with Crippen LogP contribution < -0.4 is 9.80 Å². The van der Waals surface area contributed by atoms with E-state index < -0.39 is 0 Å². The molecule has 0 aromatic heterocycles. The van der Waals surface area contributed by atoms with Gasteiger partial charge >= 0.3 is 0 Å². The molecular formula is C31H32N2. The Morgan fingerprint density at radius 3 is 1.27 bits per heavy atom. The van der Waals surface area contributed by atoms with E-state index in [0.29, 0.717) is 11.8 Å². The molecule has 0 aliphatic carbocycles. The fraction of sp³-hybridized carbons (Fsp3) is 0.226. The van der Waals surface area contributed by atoms with Crippen molar-refractivity contribution < 1.29 is 0 Å². The lowest BCUT2D eigenvalue weighted by molar-refractivity contribution is 0.872. The van der Waals surface area contributed by atoms with Gasteiger partial charge in [0.2, 0.25) is 0 Å². The smallest absolute Gasteiger partial charge is 0.0904 e. The summed E-state index contributed by atoms with van der Waals surface area (Å²) < 4.78 is 0. The number of hydrogen-bond donors (Lipinski definition) is 0. The van der Waals surface area contributed by atoms with Crippen molar-refractivity contribution in [1.82, 2.24) is 0 Å². The fourth-order valence-electron chi connectivity index (χ4n) is 5.11. The van der Waals surface area contributed by atoms with Crippen LogP contribution in [-0.2, 0) is 0 Å². The number of benzene rings is 4. The molecule has 5 rings (SSSR count). The Balaban J connectivity index is 1.41. The highest BCUT2D eigenvalue weighted by molar-refractivity contribution is 5.63. The van der Waals surface area contributed by atoms with Crippen molar-refractivity contribution in [2.45, 2.75) is 25.7 Å². The van der Waals surface area contributed by atoms with E-state index in [4.69, 9.17) is 0 Å². The van der Waals surface area contributed by atoms with E-state index in [9.17, 15) is 0 Å². The first-order valence-corrected chi connectivity index (χ1v) is 12.0. The fourth-order valence-corrected chi connectivity index (χ4v) is 5.11. The van der Waals surface area contributed by atoms with Crippen LogP contribution in [0.1, 0.15) is 47.9 Å². The second-order valence-electron chi connectivity index (χ2n) is 9.05. The van der Waals surface area contributed by atoms with Gasteiger partial charge in [0.25, 0.3) is 0 Å². The zero-order valence-electron chi connectivity index (χ0n) is 19.6. The minimum absolute atomic E-state index is 0.363. The van der Waals surface area contributed by atoms with E-state index in [1.165, 1.54) is 33.6 Å². The van der Waals surface area contributed by atoms with E-state index in [2.05, 4.69) is 133 Å². The first-order valence-electron chi connectivity index (χ1n) is 12.0. The molecule has 0 amide bonds. The second kappa shape index (κ2) is 9.54. The third kappa shape index (κ3) is 4.39. The summed E-state index contributed by atoms with van der Waals surface area (Å²) in [5.74, 6) is 0.726. The number of para-hydroxylation sites is 2. The maximum Gasteiger partial charge on any atom is 0.0904 e. The molecule has 2 atom stereocenters. The summed E-state index contributed by atoms with van der Waals surface area (Å²) in [6, 6.07) is 39.5. The third-order valence-electron chi connectivity index (χ3n) is 7.07. The topological polar surface area (TPSA) is 6.48 Å². The van der Waals surface area contributed by atoms with Gasteiger partial charge in [0.15, 0.2) is 0 Å². The minimum atomic E-state index is 0.363. The largest absolute Gasteiger partial charge is 0.352 e. The summed E-state index contributed by atoms with van der Waals surface area (Å²) >= 11 is 0. The van der Waals surface area contributed by atoms with Crippen molar-refractivity contribution in [3.05, 3.63) is 131 Å². The maximum absolute atomic E-state index is 2.54. The molecule has 33 heavy (non-hydrogen) atoms. The Hall–Kier alpha value is -3.52. The summed E-state index contributed by atoms with van der Waals surface area (Å²) in [6.45, 7) is 7.62. The molecule has 2 heteroatoms. The van der Waals surface area contributed by atoms with Gasteiger partial charge < -0.3 is 9.80 Å². The van der Waals surface area contributed by atoms with Crippen LogP contribution in [0, 0.1) is 0 Å². The highest BCUT2D eigenvalue weighted by atomic mass is 15.4. The van der Waals surface area contributed by atoms with Gasteiger partial charge in [-0.1, -0.05) is 111 Å². The highest BCUT2D eigenvalue weighted by Gasteiger charge is 2.26. The Morgan fingerprint density at radius 1 is 0.485 bits per heavy atom. The summed E-state index contributed by atoms with van der Waals surface area (Å²) in [7, 11) is 0. The van der Waals surface area contributed by atoms with Crippen molar-refractivity contribution >= 4 is 11.4 Å². The molecule has 1 aliphatic rings. The van der Waals surface area contributed by atoms with Crippen molar-refractivity contribution in [2.75, 3.05) is 29.6 Å². The van der Waals surface area contributed by atoms with Crippen molar-refractivity contribution in [1.29, 1.82) is 0 Å². The molecule has 2 nitrogen and oxygen atoms in total. The van der Waals surface area contributed by atoms with Crippen LogP contribution in [0.3, 0.4) is 0 Å². The molecule has 1 heterocycles. The lowest BCUT2D eigenvalue weighted by atomic mass is 9.91. The molecule has 1 saturated heterocycles. The molecule has 166 valence electrons. The summed E-state index contributed by atoms with van der Waals surface area (Å²) in [6.07, 6.45) is 0. The molecule has 0 spiro atoms. The van der Waals surface area contributed by atoms with E-state index in [1.54, 1.807) is 0 Å². The normalized spacial score (nSPS) is 15.5. The van der Waals surface area contributed by atoms with Gasteiger partial charge in [-0.2, -0.15) is 0 Å². The van der Waals surface area contributed by atoms with Gasteiger partial charge in [-0.15, -0.1) is 0 Å². The Morgan fingerprint density at radius 2 is 0.848 bits per heavy atom. The van der Waals surface area contributed by atoms with Gasteiger partial charge in [0, 0.05) is 36.3 Å². The van der Waals surface area contributed by atoms with Crippen LogP contribution in [0.4, 0.5) is 11.4 Å². The van der Waals surface area contributed by atoms with Crippen LogP contribution in [-0.4, -0.2) is 19.8 Å². The minimum Gasteiger partial charge on any atom is -0.352 e. The van der Waals surface area contributed by atoms with E-state index in [0.717, 1.165) is 19.8 Å². The molecule has 1 aliphatic heterocycles. The Labute approximate surface area is 198 Å². The van der Waals surface area contributed by atoms with Gasteiger partial charge in [-0.3, -0.25) is 0 Å². The molecule has 0 N–H and O–H groups in total. The summed E-state index contributed by atoms with van der Waals surface area (Å²) in [5.41, 5.74) is 8.23. The monoisotopic (exact) mass is 432 g/mol. The lowest BCUT2D eigenvalue weighted by Gasteiger charge is -2.27. The number of hydrogen-bond acceptors (Lipinski definition) is 2. The average Bonchev–Trinajstić information content (AvgIpc) is 3.39. The Bertz CT molecular complexity index is 1090. The van der Waals surface area contributed by atoms with E-state index in [1.807, 2.05) is 0 Å². The third-order valence-corrected chi connectivity index (χ3v) is 7.07. The quantitative estimate of drug-likeness (QED) is 0.316. The highest BCUT2D eigenvalue weighted by Crippen LogP contribution is 2.36. The van der Waals surface area contributed by atoms with Crippen molar-refractivity contribution in [3.8, 4) is 0 Å². The molecule has 0 saturated carbocycles. The average molecular weight is 433 g/mol. The van der Waals surface area contributed by atoms with E-state index >= 15 is 0 Å². The Kier molecular flexibility index (Phi) is 6.17.